The molecule has 3 aliphatic rings. The largest absolute Gasteiger partial charge is 0.326 e. The van der Waals surface area contributed by atoms with E-state index >= 15 is 0 Å². The smallest absolute Gasteiger partial charge is 0.106 e. The second kappa shape index (κ2) is 6.36. The van der Waals surface area contributed by atoms with Gasteiger partial charge < -0.3 is 9.80 Å². The average Bonchev–Trinajstić information content (AvgIpc) is 3.22. The quantitative estimate of drug-likeness (QED) is 0.817. The summed E-state index contributed by atoms with van der Waals surface area (Å²) in [4.78, 5) is 9.57. The molecule has 1 aromatic carbocycles. The molecule has 0 aromatic heterocycles. The monoisotopic (exact) mass is 323 g/mol. The van der Waals surface area contributed by atoms with Crippen molar-refractivity contribution < 1.29 is 0 Å². The Labute approximate surface area is 146 Å². The van der Waals surface area contributed by atoms with E-state index in [-0.39, 0.29) is 0 Å². The Morgan fingerprint density at radius 2 is 1.96 bits per heavy atom. The Hall–Kier alpha value is -1.61. The summed E-state index contributed by atoms with van der Waals surface area (Å²) in [7, 11) is 0. The highest BCUT2D eigenvalue weighted by atomic mass is 15.2. The predicted molar refractivity (Wildman–Crippen MR) is 102 cm³/mol. The fraction of sp³-hybridized carbons (Fsp3) is 0.571. The molecule has 3 heteroatoms. The highest BCUT2D eigenvalue weighted by Gasteiger charge is 2.40. The van der Waals surface area contributed by atoms with E-state index in [0.717, 1.165) is 36.0 Å². The van der Waals surface area contributed by atoms with Crippen LogP contribution in [0.25, 0.3) is 0 Å². The fourth-order valence-corrected chi connectivity index (χ4v) is 4.33. The number of rotatable bonds is 4. The van der Waals surface area contributed by atoms with Crippen LogP contribution in [0, 0.1) is 5.92 Å². The molecule has 0 N–H and O–H groups in total. The van der Waals surface area contributed by atoms with Crippen LogP contribution in [-0.2, 0) is 0 Å². The van der Waals surface area contributed by atoms with Crippen LogP contribution in [0.1, 0.15) is 51.5 Å². The summed E-state index contributed by atoms with van der Waals surface area (Å²) in [5.41, 5.74) is 3.90. The third-order valence-corrected chi connectivity index (χ3v) is 6.01. The molecule has 1 saturated heterocycles. The second-order valence-corrected chi connectivity index (χ2v) is 7.80. The van der Waals surface area contributed by atoms with Gasteiger partial charge in [-0.05, 0) is 82.2 Å². The van der Waals surface area contributed by atoms with E-state index in [2.05, 4.69) is 65.9 Å². The number of hydrogen-bond acceptors (Lipinski definition) is 3. The van der Waals surface area contributed by atoms with Crippen molar-refractivity contribution in [3.8, 4) is 0 Å². The number of likely N-dealkylation sites (tertiary alicyclic amines) is 1. The Morgan fingerprint density at radius 3 is 2.62 bits per heavy atom. The van der Waals surface area contributed by atoms with Crippen molar-refractivity contribution >= 4 is 11.5 Å². The summed E-state index contributed by atoms with van der Waals surface area (Å²) in [5, 5.41) is 0. The summed E-state index contributed by atoms with van der Waals surface area (Å²) in [5.74, 6) is 2.75. The van der Waals surface area contributed by atoms with E-state index in [9.17, 15) is 0 Å². The number of anilines is 1. The summed E-state index contributed by atoms with van der Waals surface area (Å²) < 4.78 is 0. The SMILES string of the molecule is CC1=CCN(c2ccc([C@H]3C[C@@H]3CN3CCC[C@H]3C)cc2)C(C)=N1. The molecule has 24 heavy (non-hydrogen) atoms. The first-order chi connectivity index (χ1) is 11.6. The van der Waals surface area contributed by atoms with Gasteiger partial charge in [0.2, 0.25) is 0 Å². The van der Waals surface area contributed by atoms with Crippen LogP contribution in [0.3, 0.4) is 0 Å². The van der Waals surface area contributed by atoms with Crippen molar-refractivity contribution in [2.75, 3.05) is 24.5 Å². The van der Waals surface area contributed by atoms with Crippen LogP contribution in [0.4, 0.5) is 5.69 Å². The van der Waals surface area contributed by atoms with Gasteiger partial charge in [-0.2, -0.15) is 0 Å². The first-order valence-electron chi connectivity index (χ1n) is 9.45. The van der Waals surface area contributed by atoms with Gasteiger partial charge in [-0.3, -0.25) is 0 Å². The van der Waals surface area contributed by atoms with E-state index in [1.54, 1.807) is 0 Å². The lowest BCUT2D eigenvalue weighted by Crippen LogP contribution is -2.31. The zero-order valence-corrected chi connectivity index (χ0v) is 15.2. The van der Waals surface area contributed by atoms with Gasteiger partial charge >= 0.3 is 0 Å². The molecule has 4 rings (SSSR count). The van der Waals surface area contributed by atoms with Gasteiger partial charge in [-0.25, -0.2) is 4.99 Å². The molecule has 0 unspecified atom stereocenters. The highest BCUT2D eigenvalue weighted by Crippen LogP contribution is 2.48. The van der Waals surface area contributed by atoms with E-state index in [1.165, 1.54) is 43.6 Å². The number of amidine groups is 1. The number of allylic oxidation sites excluding steroid dienone is 1. The van der Waals surface area contributed by atoms with Crippen LogP contribution >= 0.6 is 0 Å². The molecule has 3 nitrogen and oxygen atoms in total. The fourth-order valence-electron chi connectivity index (χ4n) is 4.33. The Kier molecular flexibility index (Phi) is 4.21. The van der Waals surface area contributed by atoms with Gasteiger partial charge in [0.15, 0.2) is 0 Å². The maximum atomic E-state index is 4.59. The van der Waals surface area contributed by atoms with Crippen LogP contribution in [0.5, 0.6) is 0 Å². The van der Waals surface area contributed by atoms with Crippen LogP contribution in [-0.4, -0.2) is 36.4 Å². The van der Waals surface area contributed by atoms with Crippen molar-refractivity contribution in [3.05, 3.63) is 41.6 Å². The van der Waals surface area contributed by atoms with Crippen molar-refractivity contribution in [2.24, 2.45) is 10.9 Å². The number of aliphatic imine (C=N–C) groups is 1. The lowest BCUT2D eigenvalue weighted by atomic mass is 10.1. The van der Waals surface area contributed by atoms with Crippen molar-refractivity contribution in [2.45, 2.75) is 52.0 Å². The summed E-state index contributed by atoms with van der Waals surface area (Å²) in [6, 6.07) is 10.0. The molecule has 1 aromatic rings. The third-order valence-electron chi connectivity index (χ3n) is 6.01. The zero-order chi connectivity index (χ0) is 16.7. The Morgan fingerprint density at radius 1 is 1.17 bits per heavy atom. The summed E-state index contributed by atoms with van der Waals surface area (Å²) in [6.07, 6.45) is 6.33. The molecular formula is C21H29N3. The van der Waals surface area contributed by atoms with Crippen LogP contribution in [0.2, 0.25) is 0 Å². The molecule has 2 heterocycles. The average molecular weight is 323 g/mol. The van der Waals surface area contributed by atoms with Gasteiger partial charge in [0.05, 0.1) is 0 Å². The predicted octanol–water partition coefficient (Wildman–Crippen LogP) is 4.42. The molecule has 0 bridgehead atoms. The minimum absolute atomic E-state index is 0.783. The number of benzene rings is 1. The number of hydrogen-bond donors (Lipinski definition) is 0. The molecule has 3 atom stereocenters. The second-order valence-electron chi connectivity index (χ2n) is 7.80. The first-order valence-corrected chi connectivity index (χ1v) is 9.45. The molecule has 1 saturated carbocycles. The van der Waals surface area contributed by atoms with E-state index in [0.29, 0.717) is 0 Å². The normalized spacial score (nSPS) is 30.3. The minimum Gasteiger partial charge on any atom is -0.326 e. The standard InChI is InChI=1S/C21H29N3/c1-15-10-12-24(17(3)22-15)20-8-6-18(7-9-20)21-13-19(21)14-23-11-4-5-16(23)2/h6-10,16,19,21H,4-5,11-14H2,1-3H3/t16-,19-,21-/m1/s1. The van der Waals surface area contributed by atoms with Gasteiger partial charge in [0.25, 0.3) is 0 Å². The van der Waals surface area contributed by atoms with Crippen molar-refractivity contribution in [1.29, 1.82) is 0 Å². The molecule has 0 radical (unpaired) electrons. The highest BCUT2D eigenvalue weighted by molar-refractivity contribution is 5.97. The molecule has 0 spiro atoms. The van der Waals surface area contributed by atoms with E-state index in [1.807, 2.05) is 0 Å². The number of nitrogens with zero attached hydrogens (tertiary/aromatic N) is 3. The van der Waals surface area contributed by atoms with Gasteiger partial charge in [-0.15, -0.1) is 0 Å². The molecule has 0 amide bonds. The van der Waals surface area contributed by atoms with Crippen molar-refractivity contribution in [1.82, 2.24) is 4.90 Å². The molecule has 2 aliphatic heterocycles. The summed E-state index contributed by atoms with van der Waals surface area (Å²) in [6.45, 7) is 10.1. The van der Waals surface area contributed by atoms with Crippen molar-refractivity contribution in [3.63, 3.8) is 0 Å². The molecule has 128 valence electrons. The molecule has 1 aliphatic carbocycles. The minimum atomic E-state index is 0.783. The van der Waals surface area contributed by atoms with Gasteiger partial charge in [0.1, 0.15) is 5.84 Å². The maximum Gasteiger partial charge on any atom is 0.106 e. The molecular weight excluding hydrogens is 294 g/mol. The topological polar surface area (TPSA) is 18.8 Å². The molecule has 2 fully saturated rings. The third kappa shape index (κ3) is 3.14. The first kappa shape index (κ1) is 15.9. The zero-order valence-electron chi connectivity index (χ0n) is 15.2. The van der Waals surface area contributed by atoms with Crippen LogP contribution in [0.15, 0.2) is 41.0 Å². The Bertz CT molecular complexity index is 658. The van der Waals surface area contributed by atoms with Gasteiger partial charge in [-0.1, -0.05) is 12.1 Å². The lowest BCUT2D eigenvalue weighted by molar-refractivity contribution is 0.256. The van der Waals surface area contributed by atoms with Crippen LogP contribution < -0.4 is 4.90 Å². The van der Waals surface area contributed by atoms with E-state index < -0.39 is 0 Å². The Balaban J connectivity index is 1.38. The lowest BCUT2D eigenvalue weighted by Gasteiger charge is -2.26. The van der Waals surface area contributed by atoms with E-state index in [4.69, 9.17) is 0 Å². The maximum absolute atomic E-state index is 4.59. The van der Waals surface area contributed by atoms with Gasteiger partial charge in [0, 0.05) is 30.5 Å². The summed E-state index contributed by atoms with van der Waals surface area (Å²) >= 11 is 0.